The minimum Gasteiger partial charge on any atom is -0.440 e. The number of carbonyl (C=O) groups is 1. The smallest absolute Gasteiger partial charge is 0.408 e. The SMILES string of the molecule is C=C1CCC(OC(=O)NC(C)C)c2nnn(Cc3ccccc3)c21. The summed E-state index contributed by atoms with van der Waals surface area (Å²) in [5.41, 5.74) is 3.70. The van der Waals surface area contributed by atoms with Crippen molar-refractivity contribution in [3.8, 4) is 0 Å². The summed E-state index contributed by atoms with van der Waals surface area (Å²) < 4.78 is 7.37. The lowest BCUT2D eigenvalue weighted by Gasteiger charge is -2.24. The van der Waals surface area contributed by atoms with E-state index in [-0.39, 0.29) is 12.1 Å². The maximum absolute atomic E-state index is 11.9. The first-order valence-corrected chi connectivity index (χ1v) is 8.17. The molecule has 6 nitrogen and oxygen atoms in total. The van der Waals surface area contributed by atoms with Crippen LogP contribution in [0.15, 0.2) is 36.9 Å². The summed E-state index contributed by atoms with van der Waals surface area (Å²) in [5, 5.41) is 11.3. The molecule has 1 amide bonds. The molecule has 0 saturated heterocycles. The van der Waals surface area contributed by atoms with E-state index in [0.29, 0.717) is 18.7 Å². The highest BCUT2D eigenvalue weighted by Gasteiger charge is 2.31. The first-order chi connectivity index (χ1) is 11.5. The van der Waals surface area contributed by atoms with Gasteiger partial charge >= 0.3 is 6.09 Å². The monoisotopic (exact) mass is 326 g/mol. The molecule has 1 N–H and O–H groups in total. The molecule has 6 heteroatoms. The first-order valence-electron chi connectivity index (χ1n) is 8.17. The van der Waals surface area contributed by atoms with Crippen molar-refractivity contribution >= 4 is 11.7 Å². The van der Waals surface area contributed by atoms with Crippen LogP contribution >= 0.6 is 0 Å². The van der Waals surface area contributed by atoms with Gasteiger partial charge in [0.15, 0.2) is 0 Å². The van der Waals surface area contributed by atoms with E-state index in [4.69, 9.17) is 4.74 Å². The Morgan fingerprint density at radius 3 is 2.88 bits per heavy atom. The average molecular weight is 326 g/mol. The van der Waals surface area contributed by atoms with Gasteiger partial charge in [0.05, 0.1) is 12.2 Å². The molecule has 0 fully saturated rings. The van der Waals surface area contributed by atoms with Gasteiger partial charge in [0.25, 0.3) is 0 Å². The highest BCUT2D eigenvalue weighted by molar-refractivity contribution is 5.69. The van der Waals surface area contributed by atoms with Crippen LogP contribution in [0.3, 0.4) is 0 Å². The standard InChI is InChI=1S/C18H22N4O2/c1-12(2)19-18(23)24-15-10-9-13(3)17-16(15)20-21-22(17)11-14-7-5-4-6-8-14/h4-8,12,15H,3,9-11H2,1-2H3,(H,19,23). The summed E-state index contributed by atoms with van der Waals surface area (Å²) >= 11 is 0. The molecule has 0 spiro atoms. The maximum atomic E-state index is 11.9. The van der Waals surface area contributed by atoms with Crippen molar-refractivity contribution in [1.29, 1.82) is 0 Å². The van der Waals surface area contributed by atoms with Gasteiger partial charge in [0, 0.05) is 6.04 Å². The van der Waals surface area contributed by atoms with Crippen molar-refractivity contribution in [3.05, 3.63) is 53.9 Å². The van der Waals surface area contributed by atoms with Gasteiger partial charge in [-0.25, -0.2) is 9.48 Å². The fourth-order valence-electron chi connectivity index (χ4n) is 2.85. The van der Waals surface area contributed by atoms with Crippen LogP contribution in [0.5, 0.6) is 0 Å². The molecule has 1 aliphatic carbocycles. The van der Waals surface area contributed by atoms with Crippen molar-refractivity contribution < 1.29 is 9.53 Å². The predicted molar refractivity (Wildman–Crippen MR) is 91.3 cm³/mol. The maximum Gasteiger partial charge on any atom is 0.408 e. The van der Waals surface area contributed by atoms with E-state index in [0.717, 1.165) is 23.3 Å². The molecule has 0 radical (unpaired) electrons. The van der Waals surface area contributed by atoms with Crippen molar-refractivity contribution in [2.45, 2.75) is 45.4 Å². The summed E-state index contributed by atoms with van der Waals surface area (Å²) in [7, 11) is 0. The normalized spacial score (nSPS) is 16.8. The van der Waals surface area contributed by atoms with E-state index in [1.165, 1.54) is 0 Å². The number of allylic oxidation sites excluding steroid dienone is 1. The molecule has 0 saturated carbocycles. The molecular formula is C18H22N4O2. The Labute approximate surface area is 141 Å². The van der Waals surface area contributed by atoms with Gasteiger partial charge in [-0.2, -0.15) is 0 Å². The van der Waals surface area contributed by atoms with Crippen molar-refractivity contribution in [3.63, 3.8) is 0 Å². The summed E-state index contributed by atoms with van der Waals surface area (Å²) in [6.07, 6.45) is 0.635. The molecule has 24 heavy (non-hydrogen) atoms. The minimum absolute atomic E-state index is 0.0317. The zero-order valence-electron chi connectivity index (χ0n) is 14.0. The van der Waals surface area contributed by atoms with Crippen molar-refractivity contribution in [2.24, 2.45) is 0 Å². The van der Waals surface area contributed by atoms with Gasteiger partial charge in [-0.15, -0.1) is 5.10 Å². The van der Waals surface area contributed by atoms with E-state index in [2.05, 4.69) is 22.2 Å². The van der Waals surface area contributed by atoms with Gasteiger partial charge < -0.3 is 10.1 Å². The Kier molecular flexibility index (Phi) is 4.64. The van der Waals surface area contributed by atoms with Gasteiger partial charge in [-0.1, -0.05) is 42.1 Å². The Bertz CT molecular complexity index is 737. The number of amides is 1. The van der Waals surface area contributed by atoms with Gasteiger partial charge in [-0.05, 0) is 37.8 Å². The quantitative estimate of drug-likeness (QED) is 0.936. The largest absolute Gasteiger partial charge is 0.440 e. The number of alkyl carbamates (subject to hydrolysis) is 1. The van der Waals surface area contributed by atoms with Gasteiger partial charge in [0.1, 0.15) is 11.8 Å². The van der Waals surface area contributed by atoms with E-state index in [9.17, 15) is 4.79 Å². The van der Waals surface area contributed by atoms with E-state index in [1.54, 1.807) is 0 Å². The molecule has 126 valence electrons. The number of fused-ring (bicyclic) bond motifs is 1. The van der Waals surface area contributed by atoms with Crippen LogP contribution in [0.4, 0.5) is 4.79 Å². The Hall–Kier alpha value is -2.63. The minimum atomic E-state index is -0.425. The lowest BCUT2D eigenvalue weighted by atomic mass is 9.94. The molecule has 1 aliphatic rings. The molecule has 1 aromatic carbocycles. The molecule has 1 atom stereocenters. The highest BCUT2D eigenvalue weighted by Crippen LogP contribution is 2.36. The van der Waals surface area contributed by atoms with Crippen LogP contribution in [-0.2, 0) is 11.3 Å². The van der Waals surface area contributed by atoms with Crippen LogP contribution < -0.4 is 5.32 Å². The molecule has 1 aromatic heterocycles. The van der Waals surface area contributed by atoms with Crippen LogP contribution in [0, 0.1) is 0 Å². The number of nitrogens with one attached hydrogen (secondary N) is 1. The molecule has 1 unspecified atom stereocenters. The zero-order valence-corrected chi connectivity index (χ0v) is 14.0. The third kappa shape index (κ3) is 3.48. The number of carbonyl (C=O) groups excluding carboxylic acids is 1. The summed E-state index contributed by atoms with van der Waals surface area (Å²) in [4.78, 5) is 11.9. The van der Waals surface area contributed by atoms with Crippen LogP contribution in [0.25, 0.3) is 5.57 Å². The Morgan fingerprint density at radius 2 is 2.17 bits per heavy atom. The van der Waals surface area contributed by atoms with E-state index in [1.807, 2.05) is 48.9 Å². The molecule has 2 aromatic rings. The molecular weight excluding hydrogens is 304 g/mol. The number of aromatic nitrogens is 3. The number of benzene rings is 1. The first kappa shape index (κ1) is 16.2. The number of hydrogen-bond donors (Lipinski definition) is 1. The molecule has 0 bridgehead atoms. The lowest BCUT2D eigenvalue weighted by molar-refractivity contribution is 0.0872. The van der Waals surface area contributed by atoms with E-state index < -0.39 is 6.09 Å². The van der Waals surface area contributed by atoms with Crippen LogP contribution in [0.2, 0.25) is 0 Å². The molecule has 3 rings (SSSR count). The lowest BCUT2D eigenvalue weighted by Crippen LogP contribution is -2.32. The number of rotatable bonds is 4. The fraction of sp³-hybridized carbons (Fsp3) is 0.389. The second-order valence-electron chi connectivity index (χ2n) is 6.30. The second kappa shape index (κ2) is 6.86. The van der Waals surface area contributed by atoms with Gasteiger partial charge in [-0.3, -0.25) is 0 Å². The van der Waals surface area contributed by atoms with E-state index >= 15 is 0 Å². The Morgan fingerprint density at radius 1 is 1.42 bits per heavy atom. The number of hydrogen-bond acceptors (Lipinski definition) is 4. The van der Waals surface area contributed by atoms with Crippen LogP contribution in [-0.4, -0.2) is 27.1 Å². The highest BCUT2D eigenvalue weighted by atomic mass is 16.6. The summed E-state index contributed by atoms with van der Waals surface area (Å²) in [6.45, 7) is 8.54. The second-order valence-corrected chi connectivity index (χ2v) is 6.30. The summed E-state index contributed by atoms with van der Waals surface area (Å²) in [5.74, 6) is 0. The molecule has 0 aliphatic heterocycles. The zero-order chi connectivity index (χ0) is 17.1. The van der Waals surface area contributed by atoms with Crippen molar-refractivity contribution in [1.82, 2.24) is 20.3 Å². The Balaban J connectivity index is 1.82. The number of nitrogens with zero attached hydrogens (tertiary/aromatic N) is 3. The van der Waals surface area contributed by atoms with Crippen molar-refractivity contribution in [2.75, 3.05) is 0 Å². The summed E-state index contributed by atoms with van der Waals surface area (Å²) in [6, 6.07) is 10.1. The number of ether oxygens (including phenoxy) is 1. The van der Waals surface area contributed by atoms with Crippen LogP contribution in [0.1, 0.15) is 49.7 Å². The average Bonchev–Trinajstić information content (AvgIpc) is 2.95. The third-order valence-corrected chi connectivity index (χ3v) is 3.94. The topological polar surface area (TPSA) is 69.0 Å². The molecule has 1 heterocycles. The predicted octanol–water partition coefficient (Wildman–Crippen LogP) is 3.31. The van der Waals surface area contributed by atoms with Gasteiger partial charge in [0.2, 0.25) is 0 Å². The fourth-order valence-corrected chi connectivity index (χ4v) is 2.85. The third-order valence-electron chi connectivity index (χ3n) is 3.94.